The van der Waals surface area contributed by atoms with Crippen LogP contribution in [0.4, 0.5) is 5.69 Å². The average Bonchev–Trinajstić information content (AvgIpc) is 2.64. The fraction of sp³-hybridized carbons (Fsp3) is 0.100. The number of hydrogen-bond donors (Lipinski definition) is 3. The maximum atomic E-state index is 12.0. The Morgan fingerprint density at radius 1 is 1.00 bits per heavy atom. The minimum atomic E-state index is -0.261. The lowest BCUT2D eigenvalue weighted by molar-refractivity contribution is -0.119. The van der Waals surface area contributed by atoms with Crippen molar-refractivity contribution in [2.24, 2.45) is 5.10 Å². The first kappa shape index (κ1) is 16.5. The predicted molar refractivity (Wildman–Crippen MR) is 101 cm³/mol. The molecular formula is C20H19N3O2. The van der Waals surface area contributed by atoms with Crippen molar-refractivity contribution in [1.82, 2.24) is 5.43 Å². The molecule has 1 amide bonds. The Hall–Kier alpha value is -3.34. The van der Waals surface area contributed by atoms with Gasteiger partial charge in [0.05, 0.1) is 12.3 Å². The third kappa shape index (κ3) is 4.14. The molecule has 0 aliphatic carbocycles. The highest BCUT2D eigenvalue weighted by atomic mass is 16.3. The van der Waals surface area contributed by atoms with E-state index in [1.807, 2.05) is 42.5 Å². The van der Waals surface area contributed by atoms with E-state index in [2.05, 4.69) is 15.8 Å². The summed E-state index contributed by atoms with van der Waals surface area (Å²) in [7, 11) is 0. The van der Waals surface area contributed by atoms with E-state index in [0.717, 1.165) is 16.5 Å². The van der Waals surface area contributed by atoms with E-state index in [1.54, 1.807) is 31.2 Å². The molecule has 0 unspecified atom stereocenters. The van der Waals surface area contributed by atoms with Crippen molar-refractivity contribution in [2.45, 2.75) is 6.92 Å². The van der Waals surface area contributed by atoms with Gasteiger partial charge in [0.1, 0.15) is 5.75 Å². The molecule has 0 fully saturated rings. The number of amides is 1. The number of para-hydroxylation sites is 1. The summed E-state index contributed by atoms with van der Waals surface area (Å²) in [5.74, 6) is -0.129. The SMILES string of the molecule is C/C(=N/NC(=O)CNc1ccc2ccccc2c1)c1ccccc1O. The van der Waals surface area contributed by atoms with Gasteiger partial charge in [0.2, 0.25) is 0 Å². The van der Waals surface area contributed by atoms with E-state index >= 15 is 0 Å². The highest BCUT2D eigenvalue weighted by Gasteiger charge is 2.05. The number of nitrogens with one attached hydrogen (secondary N) is 2. The molecule has 0 aliphatic rings. The lowest BCUT2D eigenvalue weighted by Crippen LogP contribution is -2.26. The molecule has 25 heavy (non-hydrogen) atoms. The molecule has 0 aromatic heterocycles. The largest absolute Gasteiger partial charge is 0.507 e. The summed E-state index contributed by atoms with van der Waals surface area (Å²) >= 11 is 0. The van der Waals surface area contributed by atoms with Gasteiger partial charge in [-0.15, -0.1) is 0 Å². The van der Waals surface area contributed by atoms with Crippen LogP contribution in [-0.2, 0) is 4.79 Å². The Balaban J connectivity index is 1.59. The van der Waals surface area contributed by atoms with E-state index in [-0.39, 0.29) is 18.2 Å². The number of nitrogens with zero attached hydrogens (tertiary/aromatic N) is 1. The number of anilines is 1. The normalized spacial score (nSPS) is 11.3. The second kappa shape index (κ2) is 7.49. The molecule has 0 aliphatic heterocycles. The number of aromatic hydroxyl groups is 1. The van der Waals surface area contributed by atoms with Crippen molar-refractivity contribution >= 4 is 28.1 Å². The molecule has 0 heterocycles. The van der Waals surface area contributed by atoms with E-state index < -0.39 is 0 Å². The second-order valence-electron chi connectivity index (χ2n) is 5.66. The van der Waals surface area contributed by atoms with Gasteiger partial charge in [-0.3, -0.25) is 4.79 Å². The molecule has 3 rings (SSSR count). The molecule has 0 saturated heterocycles. The molecular weight excluding hydrogens is 314 g/mol. The molecule has 3 N–H and O–H groups in total. The Kier molecular flexibility index (Phi) is 4.95. The Morgan fingerprint density at radius 3 is 2.52 bits per heavy atom. The summed E-state index contributed by atoms with van der Waals surface area (Å²) in [6.45, 7) is 1.84. The van der Waals surface area contributed by atoms with Gasteiger partial charge in [0.25, 0.3) is 5.91 Å². The van der Waals surface area contributed by atoms with E-state index in [4.69, 9.17) is 0 Å². The van der Waals surface area contributed by atoms with Crippen LogP contribution < -0.4 is 10.7 Å². The summed E-state index contributed by atoms with van der Waals surface area (Å²) in [5, 5.41) is 19.2. The number of benzene rings is 3. The molecule has 3 aromatic carbocycles. The molecule has 0 bridgehead atoms. The van der Waals surface area contributed by atoms with Crippen LogP contribution >= 0.6 is 0 Å². The van der Waals surface area contributed by atoms with Gasteiger partial charge in [-0.25, -0.2) is 5.43 Å². The number of carbonyl (C=O) groups is 1. The zero-order chi connectivity index (χ0) is 17.6. The van der Waals surface area contributed by atoms with E-state index in [0.29, 0.717) is 11.3 Å². The fourth-order valence-corrected chi connectivity index (χ4v) is 2.51. The van der Waals surface area contributed by atoms with Crippen LogP contribution in [0.15, 0.2) is 71.8 Å². The second-order valence-corrected chi connectivity index (χ2v) is 5.66. The Morgan fingerprint density at radius 2 is 1.72 bits per heavy atom. The fourth-order valence-electron chi connectivity index (χ4n) is 2.51. The Labute approximate surface area is 146 Å². The molecule has 0 saturated carbocycles. The molecule has 3 aromatic rings. The van der Waals surface area contributed by atoms with E-state index in [9.17, 15) is 9.90 Å². The predicted octanol–water partition coefficient (Wildman–Crippen LogP) is 3.50. The van der Waals surface area contributed by atoms with Gasteiger partial charge in [-0.05, 0) is 42.0 Å². The molecule has 0 spiro atoms. The average molecular weight is 333 g/mol. The summed E-state index contributed by atoms with van der Waals surface area (Å²) in [5.41, 5.74) is 4.49. The molecule has 5 heteroatoms. The van der Waals surface area contributed by atoms with Crippen LogP contribution in [-0.4, -0.2) is 23.3 Å². The summed E-state index contributed by atoms with van der Waals surface area (Å²) in [6.07, 6.45) is 0. The standard InChI is InChI=1S/C20H19N3O2/c1-14(18-8-4-5-9-19(18)24)22-23-20(25)13-21-17-11-10-15-6-2-3-7-16(15)12-17/h2-12,21,24H,13H2,1H3,(H,23,25)/b22-14-. The molecule has 126 valence electrons. The molecule has 0 atom stereocenters. The zero-order valence-corrected chi connectivity index (χ0v) is 13.9. The van der Waals surface area contributed by atoms with E-state index in [1.165, 1.54) is 0 Å². The van der Waals surface area contributed by atoms with Gasteiger partial charge in [-0.1, -0.05) is 42.5 Å². The first-order chi connectivity index (χ1) is 12.1. The summed E-state index contributed by atoms with van der Waals surface area (Å²) < 4.78 is 0. The van der Waals surface area contributed by atoms with Gasteiger partial charge < -0.3 is 10.4 Å². The number of fused-ring (bicyclic) bond motifs is 1. The third-order valence-corrected chi connectivity index (χ3v) is 3.84. The van der Waals surface area contributed by atoms with Crippen molar-refractivity contribution in [1.29, 1.82) is 0 Å². The third-order valence-electron chi connectivity index (χ3n) is 3.84. The van der Waals surface area contributed by atoms with Crippen molar-refractivity contribution in [3.05, 3.63) is 72.3 Å². The van der Waals surface area contributed by atoms with Gasteiger partial charge >= 0.3 is 0 Å². The summed E-state index contributed by atoms with van der Waals surface area (Å²) in [6, 6.07) is 20.9. The Bertz CT molecular complexity index is 935. The first-order valence-corrected chi connectivity index (χ1v) is 7.97. The van der Waals surface area contributed by atoms with Crippen molar-refractivity contribution in [3.8, 4) is 5.75 Å². The lowest BCUT2D eigenvalue weighted by atomic mass is 10.1. The number of rotatable bonds is 5. The number of carbonyl (C=O) groups excluding carboxylic acids is 1. The number of phenols is 1. The maximum absolute atomic E-state index is 12.0. The zero-order valence-electron chi connectivity index (χ0n) is 13.9. The molecule has 0 radical (unpaired) electrons. The number of phenolic OH excluding ortho intramolecular Hbond substituents is 1. The highest BCUT2D eigenvalue weighted by Crippen LogP contribution is 2.18. The summed E-state index contributed by atoms with van der Waals surface area (Å²) in [4.78, 5) is 12.0. The van der Waals surface area contributed by atoms with Crippen LogP contribution in [0.1, 0.15) is 12.5 Å². The minimum Gasteiger partial charge on any atom is -0.507 e. The molecule has 5 nitrogen and oxygen atoms in total. The monoisotopic (exact) mass is 333 g/mol. The van der Waals surface area contributed by atoms with Crippen LogP contribution in [0.25, 0.3) is 10.8 Å². The highest BCUT2D eigenvalue weighted by molar-refractivity contribution is 6.01. The van der Waals surface area contributed by atoms with Crippen molar-refractivity contribution in [3.63, 3.8) is 0 Å². The maximum Gasteiger partial charge on any atom is 0.259 e. The number of hydrogen-bond acceptors (Lipinski definition) is 4. The van der Waals surface area contributed by atoms with Gasteiger partial charge in [0, 0.05) is 11.3 Å². The van der Waals surface area contributed by atoms with Crippen molar-refractivity contribution in [2.75, 3.05) is 11.9 Å². The number of hydrazone groups is 1. The minimum absolute atomic E-state index is 0.107. The van der Waals surface area contributed by atoms with Crippen LogP contribution in [0.3, 0.4) is 0 Å². The lowest BCUT2D eigenvalue weighted by Gasteiger charge is -2.08. The van der Waals surface area contributed by atoms with Crippen LogP contribution in [0.5, 0.6) is 5.75 Å². The quantitative estimate of drug-likeness (QED) is 0.494. The smallest absolute Gasteiger partial charge is 0.259 e. The van der Waals surface area contributed by atoms with Gasteiger partial charge in [-0.2, -0.15) is 5.10 Å². The van der Waals surface area contributed by atoms with Gasteiger partial charge in [0.15, 0.2) is 0 Å². The first-order valence-electron chi connectivity index (χ1n) is 7.97. The topological polar surface area (TPSA) is 73.7 Å². The van der Waals surface area contributed by atoms with Crippen LogP contribution in [0, 0.1) is 0 Å². The van der Waals surface area contributed by atoms with Crippen molar-refractivity contribution < 1.29 is 9.90 Å². The van der Waals surface area contributed by atoms with Crippen LogP contribution in [0.2, 0.25) is 0 Å².